The number of aromatic nitrogens is 4. The van der Waals surface area contributed by atoms with E-state index >= 15 is 0 Å². The molecule has 1 saturated carbocycles. The lowest BCUT2D eigenvalue weighted by Gasteiger charge is -2.08. The van der Waals surface area contributed by atoms with E-state index in [9.17, 15) is 4.79 Å². The zero-order valence-electron chi connectivity index (χ0n) is 11.1. The molecule has 7 nitrogen and oxygen atoms in total. The zero-order chi connectivity index (χ0) is 13.9. The van der Waals surface area contributed by atoms with Crippen LogP contribution in [0.5, 0.6) is 5.88 Å². The van der Waals surface area contributed by atoms with Gasteiger partial charge in [0, 0.05) is 12.1 Å². The van der Waals surface area contributed by atoms with Crippen LogP contribution in [-0.4, -0.2) is 32.7 Å². The number of carbonyl (C=O) groups is 1. The first kappa shape index (κ1) is 12.6. The van der Waals surface area contributed by atoms with Crippen LogP contribution < -0.4 is 10.1 Å². The first-order chi connectivity index (χ1) is 9.78. The molecule has 1 amide bonds. The van der Waals surface area contributed by atoms with Gasteiger partial charge in [-0.2, -0.15) is 0 Å². The second-order valence-electron chi connectivity index (χ2n) is 4.56. The van der Waals surface area contributed by atoms with Gasteiger partial charge in [0.2, 0.25) is 11.7 Å². The second kappa shape index (κ2) is 5.28. The summed E-state index contributed by atoms with van der Waals surface area (Å²) < 4.78 is 5.35. The molecule has 104 valence electrons. The van der Waals surface area contributed by atoms with E-state index in [1.54, 1.807) is 18.3 Å². The van der Waals surface area contributed by atoms with Gasteiger partial charge >= 0.3 is 0 Å². The molecule has 0 radical (unpaired) electrons. The number of nitrogens with one attached hydrogen (secondary N) is 2. The molecule has 2 aromatic heterocycles. The lowest BCUT2D eigenvalue weighted by molar-refractivity contribution is 0.101. The number of rotatable bonds is 5. The van der Waals surface area contributed by atoms with Gasteiger partial charge in [-0.05, 0) is 31.9 Å². The van der Waals surface area contributed by atoms with Crippen molar-refractivity contribution >= 4 is 11.6 Å². The highest BCUT2D eigenvalue weighted by molar-refractivity contribution is 6.02. The van der Waals surface area contributed by atoms with Crippen LogP contribution in [0.15, 0.2) is 18.3 Å². The van der Waals surface area contributed by atoms with Crippen molar-refractivity contribution < 1.29 is 9.53 Å². The van der Waals surface area contributed by atoms with E-state index in [4.69, 9.17) is 4.74 Å². The van der Waals surface area contributed by atoms with Crippen molar-refractivity contribution in [3.8, 4) is 5.88 Å². The Morgan fingerprint density at radius 1 is 1.55 bits per heavy atom. The highest BCUT2D eigenvalue weighted by atomic mass is 16.5. The molecule has 0 spiro atoms. The summed E-state index contributed by atoms with van der Waals surface area (Å²) in [5.74, 6) is 1.37. The van der Waals surface area contributed by atoms with Crippen molar-refractivity contribution in [2.45, 2.75) is 25.7 Å². The SMILES string of the molecule is CCOc1ncccc1NC(=O)c1n[nH]c(C2CC2)n1. The summed E-state index contributed by atoms with van der Waals surface area (Å²) in [6, 6.07) is 3.45. The largest absolute Gasteiger partial charge is 0.476 e. The lowest BCUT2D eigenvalue weighted by atomic mass is 10.4. The van der Waals surface area contributed by atoms with Crippen molar-refractivity contribution in [3.05, 3.63) is 30.0 Å². The van der Waals surface area contributed by atoms with Gasteiger partial charge in [0.15, 0.2) is 0 Å². The number of anilines is 1. The lowest BCUT2D eigenvalue weighted by Crippen LogP contribution is -2.15. The van der Waals surface area contributed by atoms with Crippen molar-refractivity contribution in [1.82, 2.24) is 20.2 Å². The number of ether oxygens (including phenoxy) is 1. The Kier molecular flexibility index (Phi) is 3.32. The quantitative estimate of drug-likeness (QED) is 0.865. The summed E-state index contributed by atoms with van der Waals surface area (Å²) in [6.07, 6.45) is 3.82. The first-order valence-corrected chi connectivity index (χ1v) is 6.59. The Labute approximate surface area is 115 Å². The fraction of sp³-hybridized carbons (Fsp3) is 0.385. The van der Waals surface area contributed by atoms with E-state index in [-0.39, 0.29) is 11.7 Å². The normalized spacial score (nSPS) is 14.1. The molecule has 3 rings (SSSR count). The second-order valence-corrected chi connectivity index (χ2v) is 4.56. The van der Waals surface area contributed by atoms with E-state index in [0.717, 1.165) is 18.7 Å². The third kappa shape index (κ3) is 2.61. The van der Waals surface area contributed by atoms with Crippen LogP contribution in [0.25, 0.3) is 0 Å². The molecule has 2 heterocycles. The molecule has 7 heteroatoms. The van der Waals surface area contributed by atoms with Crippen molar-refractivity contribution in [1.29, 1.82) is 0 Å². The van der Waals surface area contributed by atoms with Gasteiger partial charge in [-0.1, -0.05) is 0 Å². The predicted molar refractivity (Wildman–Crippen MR) is 71.7 cm³/mol. The predicted octanol–water partition coefficient (Wildman–Crippen LogP) is 1.73. The summed E-state index contributed by atoms with van der Waals surface area (Å²) in [5.41, 5.74) is 0.511. The molecule has 2 aromatic rings. The summed E-state index contributed by atoms with van der Waals surface area (Å²) >= 11 is 0. The van der Waals surface area contributed by atoms with Crippen molar-refractivity contribution in [2.75, 3.05) is 11.9 Å². The van der Waals surface area contributed by atoms with Crippen LogP contribution >= 0.6 is 0 Å². The van der Waals surface area contributed by atoms with Gasteiger partial charge in [-0.3, -0.25) is 9.89 Å². The van der Waals surface area contributed by atoms with Gasteiger partial charge in [0.25, 0.3) is 5.91 Å². The molecule has 0 saturated heterocycles. The summed E-state index contributed by atoms with van der Waals surface area (Å²) in [7, 11) is 0. The molecule has 0 atom stereocenters. The Morgan fingerprint density at radius 2 is 2.40 bits per heavy atom. The van der Waals surface area contributed by atoms with Crippen LogP contribution in [-0.2, 0) is 0 Å². The number of hydrogen-bond donors (Lipinski definition) is 2. The molecular formula is C13H15N5O2. The van der Waals surface area contributed by atoms with Crippen LogP contribution in [0.1, 0.15) is 42.1 Å². The van der Waals surface area contributed by atoms with Gasteiger partial charge in [0.1, 0.15) is 11.5 Å². The molecule has 1 aliphatic rings. The fourth-order valence-electron chi connectivity index (χ4n) is 1.83. The average molecular weight is 273 g/mol. The molecular weight excluding hydrogens is 258 g/mol. The highest BCUT2D eigenvalue weighted by Crippen LogP contribution is 2.37. The van der Waals surface area contributed by atoms with Crippen molar-refractivity contribution in [3.63, 3.8) is 0 Å². The van der Waals surface area contributed by atoms with Crippen LogP contribution in [0.4, 0.5) is 5.69 Å². The minimum absolute atomic E-state index is 0.137. The number of hydrogen-bond acceptors (Lipinski definition) is 5. The maximum absolute atomic E-state index is 12.1. The summed E-state index contributed by atoms with van der Waals surface area (Å²) in [4.78, 5) is 20.4. The zero-order valence-corrected chi connectivity index (χ0v) is 11.1. The van der Waals surface area contributed by atoms with E-state index in [1.807, 2.05) is 6.92 Å². The number of nitrogens with zero attached hydrogens (tertiary/aromatic N) is 3. The molecule has 20 heavy (non-hydrogen) atoms. The number of H-pyrrole nitrogens is 1. The molecule has 0 bridgehead atoms. The van der Waals surface area contributed by atoms with Gasteiger partial charge in [-0.15, -0.1) is 5.10 Å². The van der Waals surface area contributed by atoms with Gasteiger partial charge in [0.05, 0.1) is 6.61 Å². The summed E-state index contributed by atoms with van der Waals surface area (Å²) in [5, 5.41) is 9.46. The Morgan fingerprint density at radius 3 is 3.15 bits per heavy atom. The minimum atomic E-state index is -0.373. The fourth-order valence-corrected chi connectivity index (χ4v) is 1.83. The first-order valence-electron chi connectivity index (χ1n) is 6.59. The van der Waals surface area contributed by atoms with Gasteiger partial charge < -0.3 is 10.1 Å². The number of carbonyl (C=O) groups excluding carboxylic acids is 1. The standard InChI is InChI=1S/C13H15N5O2/c1-2-20-13-9(4-3-7-14-13)15-12(19)11-16-10(17-18-11)8-5-6-8/h3-4,7-8H,2,5-6H2,1H3,(H,15,19)(H,16,17,18). The molecule has 0 aromatic carbocycles. The Bertz CT molecular complexity index is 621. The van der Waals surface area contributed by atoms with Crippen LogP contribution in [0, 0.1) is 0 Å². The third-order valence-corrected chi connectivity index (χ3v) is 2.97. The van der Waals surface area contributed by atoms with E-state index in [2.05, 4.69) is 25.5 Å². The van der Waals surface area contributed by atoms with E-state index in [0.29, 0.717) is 24.1 Å². The van der Waals surface area contributed by atoms with Crippen molar-refractivity contribution in [2.24, 2.45) is 0 Å². The minimum Gasteiger partial charge on any atom is -0.476 e. The molecule has 0 unspecified atom stereocenters. The smallest absolute Gasteiger partial charge is 0.295 e. The number of amides is 1. The maximum Gasteiger partial charge on any atom is 0.295 e. The number of pyridine rings is 1. The highest BCUT2D eigenvalue weighted by Gasteiger charge is 2.28. The maximum atomic E-state index is 12.1. The summed E-state index contributed by atoms with van der Waals surface area (Å²) in [6.45, 7) is 2.34. The molecule has 1 aliphatic carbocycles. The topological polar surface area (TPSA) is 92.8 Å². The van der Waals surface area contributed by atoms with E-state index in [1.165, 1.54) is 0 Å². The van der Waals surface area contributed by atoms with Gasteiger partial charge in [-0.25, -0.2) is 9.97 Å². The monoisotopic (exact) mass is 273 g/mol. The Balaban J connectivity index is 1.74. The van der Waals surface area contributed by atoms with Crippen LogP contribution in [0.3, 0.4) is 0 Å². The van der Waals surface area contributed by atoms with Crippen LogP contribution in [0.2, 0.25) is 0 Å². The molecule has 1 fully saturated rings. The Hall–Kier alpha value is -2.44. The molecule has 0 aliphatic heterocycles. The molecule has 2 N–H and O–H groups in total. The van der Waals surface area contributed by atoms with E-state index < -0.39 is 0 Å². The number of aromatic amines is 1. The third-order valence-electron chi connectivity index (χ3n) is 2.97. The average Bonchev–Trinajstić information content (AvgIpc) is 3.19.